The van der Waals surface area contributed by atoms with Gasteiger partial charge in [-0.1, -0.05) is 12.1 Å². The second-order valence-electron chi connectivity index (χ2n) is 4.80. The molecule has 1 unspecified atom stereocenters. The maximum absolute atomic E-state index is 13.6. The van der Waals surface area contributed by atoms with Crippen LogP contribution >= 0.6 is 0 Å². The molecule has 1 aromatic heterocycles. The summed E-state index contributed by atoms with van der Waals surface area (Å²) in [4.78, 5) is 0. The molecule has 0 bridgehead atoms. The van der Waals surface area contributed by atoms with Crippen molar-refractivity contribution in [3.05, 3.63) is 59.6 Å². The fourth-order valence-electron chi connectivity index (χ4n) is 2.03. The van der Waals surface area contributed by atoms with Crippen molar-refractivity contribution in [3.63, 3.8) is 0 Å². The Hall–Kier alpha value is -1.72. The Morgan fingerprint density at radius 1 is 1.24 bits per heavy atom. The number of furan rings is 1. The summed E-state index contributed by atoms with van der Waals surface area (Å²) in [6.45, 7) is 3.49. The minimum absolute atomic E-state index is 0.245. The van der Waals surface area contributed by atoms with Gasteiger partial charge in [-0.15, -0.1) is 0 Å². The molecule has 0 radical (unpaired) electrons. The summed E-state index contributed by atoms with van der Waals surface area (Å²) in [6.07, 6.45) is 2.39. The molecular formula is C16H19F2NO2. The Morgan fingerprint density at radius 3 is 2.86 bits per heavy atom. The highest BCUT2D eigenvalue weighted by atomic mass is 19.2. The third kappa shape index (κ3) is 4.65. The smallest absolute Gasteiger partial charge is 0.163 e. The SMILES string of the molecule is CC(NCCCOCc1ccco1)c1cccc(F)c1F. The molecule has 0 aliphatic carbocycles. The second kappa shape index (κ2) is 7.90. The lowest BCUT2D eigenvalue weighted by Gasteiger charge is -2.15. The molecule has 21 heavy (non-hydrogen) atoms. The molecule has 114 valence electrons. The monoisotopic (exact) mass is 295 g/mol. The van der Waals surface area contributed by atoms with Gasteiger partial charge in [-0.2, -0.15) is 0 Å². The van der Waals surface area contributed by atoms with Gasteiger partial charge < -0.3 is 14.5 Å². The van der Waals surface area contributed by atoms with Crippen LogP contribution in [0.1, 0.15) is 30.7 Å². The number of rotatable bonds is 8. The molecule has 3 nitrogen and oxygen atoms in total. The maximum Gasteiger partial charge on any atom is 0.163 e. The standard InChI is InChI=1S/C16H19F2NO2/c1-12(14-6-2-7-15(17)16(14)18)19-8-4-9-20-11-13-5-3-10-21-13/h2-3,5-7,10,12,19H,4,8-9,11H2,1H3. The molecule has 1 atom stereocenters. The summed E-state index contributed by atoms with van der Waals surface area (Å²) >= 11 is 0. The van der Waals surface area contributed by atoms with Gasteiger partial charge in [-0.05, 0) is 38.1 Å². The average molecular weight is 295 g/mol. The van der Waals surface area contributed by atoms with Crippen LogP contribution in [0.4, 0.5) is 8.78 Å². The van der Waals surface area contributed by atoms with Gasteiger partial charge in [0.05, 0.1) is 6.26 Å². The summed E-state index contributed by atoms with van der Waals surface area (Å²) in [5, 5.41) is 3.15. The highest BCUT2D eigenvalue weighted by molar-refractivity contribution is 5.21. The third-order valence-corrected chi connectivity index (χ3v) is 3.19. The predicted octanol–water partition coefficient (Wildman–Crippen LogP) is 3.82. The molecular weight excluding hydrogens is 276 g/mol. The lowest BCUT2D eigenvalue weighted by molar-refractivity contribution is 0.103. The van der Waals surface area contributed by atoms with Crippen LogP contribution in [0.3, 0.4) is 0 Å². The zero-order valence-electron chi connectivity index (χ0n) is 11.9. The van der Waals surface area contributed by atoms with Crippen molar-refractivity contribution < 1.29 is 17.9 Å². The molecule has 0 fully saturated rings. The number of benzene rings is 1. The van der Waals surface area contributed by atoms with Crippen LogP contribution in [-0.2, 0) is 11.3 Å². The summed E-state index contributed by atoms with van der Waals surface area (Å²) in [6, 6.07) is 7.64. The molecule has 2 rings (SSSR count). The van der Waals surface area contributed by atoms with Gasteiger partial charge in [0, 0.05) is 18.2 Å². The topological polar surface area (TPSA) is 34.4 Å². The number of hydrogen-bond acceptors (Lipinski definition) is 3. The number of ether oxygens (including phenoxy) is 1. The van der Waals surface area contributed by atoms with Crippen molar-refractivity contribution in [1.29, 1.82) is 0 Å². The van der Waals surface area contributed by atoms with E-state index in [1.165, 1.54) is 6.07 Å². The van der Waals surface area contributed by atoms with Crippen LogP contribution in [0.15, 0.2) is 41.0 Å². The first-order chi connectivity index (χ1) is 10.2. The van der Waals surface area contributed by atoms with Gasteiger partial charge in [0.25, 0.3) is 0 Å². The zero-order valence-corrected chi connectivity index (χ0v) is 11.9. The Balaban J connectivity index is 1.65. The van der Waals surface area contributed by atoms with Crippen LogP contribution in [0.5, 0.6) is 0 Å². The van der Waals surface area contributed by atoms with E-state index in [0.29, 0.717) is 25.3 Å². The van der Waals surface area contributed by atoms with E-state index in [9.17, 15) is 8.78 Å². The third-order valence-electron chi connectivity index (χ3n) is 3.19. The van der Waals surface area contributed by atoms with Gasteiger partial charge in [0.2, 0.25) is 0 Å². The Bertz CT molecular complexity index is 543. The van der Waals surface area contributed by atoms with Gasteiger partial charge >= 0.3 is 0 Å². The van der Waals surface area contributed by atoms with Crippen molar-refractivity contribution in [2.45, 2.75) is 26.0 Å². The van der Waals surface area contributed by atoms with Crippen LogP contribution < -0.4 is 5.32 Å². The van der Waals surface area contributed by atoms with Gasteiger partial charge in [0.15, 0.2) is 11.6 Å². The Kier molecular flexibility index (Phi) is 5.90. The molecule has 5 heteroatoms. The molecule has 1 heterocycles. The first-order valence-corrected chi connectivity index (χ1v) is 6.96. The van der Waals surface area contributed by atoms with E-state index in [4.69, 9.17) is 9.15 Å². The van der Waals surface area contributed by atoms with Crippen molar-refractivity contribution >= 4 is 0 Å². The molecule has 0 spiro atoms. The highest BCUT2D eigenvalue weighted by Crippen LogP contribution is 2.18. The van der Waals surface area contributed by atoms with Crippen molar-refractivity contribution in [1.82, 2.24) is 5.32 Å². The van der Waals surface area contributed by atoms with E-state index < -0.39 is 11.6 Å². The molecule has 0 saturated carbocycles. The first-order valence-electron chi connectivity index (χ1n) is 6.96. The van der Waals surface area contributed by atoms with Gasteiger partial charge in [-0.3, -0.25) is 0 Å². The van der Waals surface area contributed by atoms with E-state index in [2.05, 4.69) is 5.32 Å². The van der Waals surface area contributed by atoms with Crippen LogP contribution in [0.2, 0.25) is 0 Å². The lowest BCUT2D eigenvalue weighted by atomic mass is 10.1. The average Bonchev–Trinajstić information content (AvgIpc) is 2.98. The Labute approximate surface area is 122 Å². The maximum atomic E-state index is 13.6. The highest BCUT2D eigenvalue weighted by Gasteiger charge is 2.13. The fourth-order valence-corrected chi connectivity index (χ4v) is 2.03. The summed E-state index contributed by atoms with van der Waals surface area (Å²) < 4.78 is 37.3. The Morgan fingerprint density at radius 2 is 2.10 bits per heavy atom. The van der Waals surface area contributed by atoms with Crippen LogP contribution in [0, 0.1) is 11.6 Å². The fraction of sp³-hybridized carbons (Fsp3) is 0.375. The van der Waals surface area contributed by atoms with Crippen LogP contribution in [-0.4, -0.2) is 13.2 Å². The molecule has 1 aromatic carbocycles. The number of nitrogens with one attached hydrogen (secondary N) is 1. The largest absolute Gasteiger partial charge is 0.467 e. The zero-order chi connectivity index (χ0) is 15.1. The minimum atomic E-state index is -0.817. The quantitative estimate of drug-likeness (QED) is 0.752. The van der Waals surface area contributed by atoms with Crippen molar-refractivity contribution in [2.75, 3.05) is 13.2 Å². The van der Waals surface area contributed by atoms with Gasteiger partial charge in [-0.25, -0.2) is 8.78 Å². The number of hydrogen-bond donors (Lipinski definition) is 1. The summed E-state index contributed by atoms with van der Waals surface area (Å²) in [7, 11) is 0. The molecule has 2 aromatic rings. The second-order valence-corrected chi connectivity index (χ2v) is 4.80. The normalized spacial score (nSPS) is 12.5. The van der Waals surface area contributed by atoms with E-state index in [1.807, 2.05) is 19.1 Å². The first kappa shape index (κ1) is 15.7. The molecule has 0 amide bonds. The van der Waals surface area contributed by atoms with Crippen LogP contribution in [0.25, 0.3) is 0 Å². The number of halogens is 2. The van der Waals surface area contributed by atoms with E-state index in [0.717, 1.165) is 18.2 Å². The summed E-state index contributed by atoms with van der Waals surface area (Å²) in [5.74, 6) is -0.812. The van der Waals surface area contributed by atoms with Crippen molar-refractivity contribution in [3.8, 4) is 0 Å². The molecule has 1 N–H and O–H groups in total. The predicted molar refractivity (Wildman–Crippen MR) is 75.8 cm³/mol. The van der Waals surface area contributed by atoms with Gasteiger partial charge in [0.1, 0.15) is 12.4 Å². The molecule has 0 aliphatic heterocycles. The molecule has 0 saturated heterocycles. The minimum Gasteiger partial charge on any atom is -0.467 e. The van der Waals surface area contributed by atoms with E-state index in [1.54, 1.807) is 12.3 Å². The van der Waals surface area contributed by atoms with Crippen molar-refractivity contribution in [2.24, 2.45) is 0 Å². The lowest BCUT2D eigenvalue weighted by Crippen LogP contribution is -2.22. The molecule has 0 aliphatic rings. The van der Waals surface area contributed by atoms with E-state index >= 15 is 0 Å². The summed E-state index contributed by atoms with van der Waals surface area (Å²) in [5.41, 5.74) is 0.339. The van der Waals surface area contributed by atoms with E-state index in [-0.39, 0.29) is 6.04 Å².